The minimum atomic E-state index is -1.02. The maximum atomic E-state index is 13.8. The zero-order chi connectivity index (χ0) is 31.7. The van der Waals surface area contributed by atoms with Crippen LogP contribution in [0.5, 0.6) is 6.01 Å². The van der Waals surface area contributed by atoms with Crippen LogP contribution in [0.25, 0.3) is 10.8 Å². The maximum absolute atomic E-state index is 13.8. The number of halogens is 2. The van der Waals surface area contributed by atoms with Crippen molar-refractivity contribution in [2.24, 2.45) is 0 Å². The third-order valence-electron chi connectivity index (χ3n) is 9.60. The Hall–Kier alpha value is -3.94. The Bertz CT molecular complexity index is 1640. The van der Waals surface area contributed by atoms with Crippen LogP contribution < -0.4 is 14.5 Å². The molecule has 0 bridgehead atoms. The number of anilines is 2. The van der Waals surface area contributed by atoms with Gasteiger partial charge in [0.15, 0.2) is 5.83 Å². The van der Waals surface area contributed by atoms with Crippen molar-refractivity contribution >= 4 is 39.8 Å². The number of ether oxygens (including phenoxy) is 1. The number of hydrogen-bond acceptors (Lipinski definition) is 8. The average Bonchev–Trinajstić information content (AvgIpc) is 3.01. The second-order valence-electron chi connectivity index (χ2n) is 12.3. The number of aromatic nitrogens is 2. The van der Waals surface area contributed by atoms with Crippen LogP contribution in [-0.2, 0) is 17.8 Å². The number of piperazine rings is 1. The predicted octanol–water partition coefficient (Wildman–Crippen LogP) is 5.51. The number of likely N-dealkylation sites (N-methyl/N-ethyl adjacent to an activating group) is 1. The molecule has 1 unspecified atom stereocenters. The summed E-state index contributed by atoms with van der Waals surface area (Å²) >= 11 is 6.70. The van der Waals surface area contributed by atoms with Crippen molar-refractivity contribution in [3.8, 4) is 12.1 Å². The molecule has 0 N–H and O–H groups in total. The van der Waals surface area contributed by atoms with E-state index in [4.69, 9.17) is 26.3 Å². The van der Waals surface area contributed by atoms with Crippen LogP contribution in [-0.4, -0.2) is 83.6 Å². The Morgan fingerprint density at radius 3 is 2.69 bits per heavy atom. The summed E-state index contributed by atoms with van der Waals surface area (Å²) in [5, 5.41) is 12.3. The third-order valence-corrected chi connectivity index (χ3v) is 9.91. The van der Waals surface area contributed by atoms with Gasteiger partial charge in [-0.3, -0.25) is 9.69 Å². The van der Waals surface area contributed by atoms with Crippen LogP contribution in [0.3, 0.4) is 0 Å². The van der Waals surface area contributed by atoms with Gasteiger partial charge < -0.3 is 19.4 Å². The molecule has 1 aliphatic carbocycles. The molecule has 2 fully saturated rings. The molecule has 0 spiro atoms. The van der Waals surface area contributed by atoms with Crippen LogP contribution in [0, 0.1) is 11.3 Å². The van der Waals surface area contributed by atoms with Crippen molar-refractivity contribution in [3.05, 3.63) is 65.1 Å². The van der Waals surface area contributed by atoms with Crippen LogP contribution in [0.2, 0.25) is 5.02 Å². The molecule has 3 heterocycles. The zero-order valence-corrected chi connectivity index (χ0v) is 26.6. The summed E-state index contributed by atoms with van der Waals surface area (Å²) in [5.41, 5.74) is 2.95. The molecule has 2 aromatic carbocycles. The molecule has 6 rings (SSSR count). The van der Waals surface area contributed by atoms with Crippen molar-refractivity contribution in [1.29, 1.82) is 5.26 Å². The molecule has 45 heavy (non-hydrogen) atoms. The molecule has 1 saturated carbocycles. The number of hydrogen-bond donors (Lipinski definition) is 0. The van der Waals surface area contributed by atoms with Crippen LogP contribution >= 0.6 is 11.6 Å². The van der Waals surface area contributed by atoms with Crippen LogP contribution in [0.4, 0.5) is 15.9 Å². The summed E-state index contributed by atoms with van der Waals surface area (Å²) in [5.74, 6) is -1.03. The number of carbonyl (C=O) groups is 1. The quantitative estimate of drug-likeness (QED) is 0.286. The fourth-order valence-corrected chi connectivity index (χ4v) is 6.96. The van der Waals surface area contributed by atoms with Crippen LogP contribution in [0.15, 0.2) is 48.8 Å². The van der Waals surface area contributed by atoms with Crippen molar-refractivity contribution in [1.82, 2.24) is 19.8 Å². The highest BCUT2D eigenvalue weighted by Crippen LogP contribution is 2.37. The normalized spacial score (nSPS) is 19.2. The summed E-state index contributed by atoms with van der Waals surface area (Å²) in [4.78, 5) is 30.6. The Balaban J connectivity index is 1.32. The van der Waals surface area contributed by atoms with Crippen molar-refractivity contribution in [3.63, 3.8) is 0 Å². The van der Waals surface area contributed by atoms with E-state index in [1.54, 1.807) is 0 Å². The summed E-state index contributed by atoms with van der Waals surface area (Å²) in [7, 11) is 2.15. The molecule has 0 radical (unpaired) electrons. The lowest BCUT2D eigenvalue weighted by Gasteiger charge is -2.42. The standard InChI is InChI=1S/C34H39ClFN7O2/c1-22(40(3)25-9-6-10-25)21-45-34-38-29-20-41(30-12-5-8-24-7-4-11-28(35)31(24)30)16-14-27(29)32(39-34)42-17-18-43(33(44)23(2)36)26(19-42)13-15-37/h4-5,7-8,11-12,22,25-26H,2,6,9-10,13-14,16-21H2,1,3H3/t22-,26?/m0/s1. The van der Waals surface area contributed by atoms with E-state index >= 15 is 0 Å². The van der Waals surface area contributed by atoms with E-state index in [0.29, 0.717) is 49.7 Å². The first-order valence-corrected chi connectivity index (χ1v) is 16.1. The van der Waals surface area contributed by atoms with Gasteiger partial charge in [-0.05, 0) is 50.8 Å². The summed E-state index contributed by atoms with van der Waals surface area (Å²) in [6.07, 6.45) is 4.46. The Morgan fingerprint density at radius 1 is 1.20 bits per heavy atom. The maximum Gasteiger partial charge on any atom is 0.318 e. The molecule has 3 aromatic rings. The second kappa shape index (κ2) is 13.2. The van der Waals surface area contributed by atoms with E-state index in [-0.39, 0.29) is 19.0 Å². The number of nitriles is 1. The zero-order valence-electron chi connectivity index (χ0n) is 25.9. The monoisotopic (exact) mass is 631 g/mol. The average molecular weight is 632 g/mol. The first-order chi connectivity index (χ1) is 21.7. The van der Waals surface area contributed by atoms with Crippen molar-refractivity contribution < 1.29 is 13.9 Å². The minimum absolute atomic E-state index is 0.0762. The minimum Gasteiger partial charge on any atom is -0.462 e. The number of nitrogens with zero attached hydrogens (tertiary/aromatic N) is 7. The van der Waals surface area contributed by atoms with Gasteiger partial charge in [0, 0.05) is 54.9 Å². The van der Waals surface area contributed by atoms with Gasteiger partial charge in [-0.15, -0.1) is 0 Å². The highest BCUT2D eigenvalue weighted by molar-refractivity contribution is 6.36. The molecule has 11 heteroatoms. The highest BCUT2D eigenvalue weighted by atomic mass is 35.5. The smallest absolute Gasteiger partial charge is 0.318 e. The van der Waals surface area contributed by atoms with Crippen molar-refractivity contribution in [2.45, 2.75) is 63.7 Å². The molecule has 1 amide bonds. The molecule has 3 aliphatic rings. The van der Waals surface area contributed by atoms with E-state index in [9.17, 15) is 14.4 Å². The van der Waals surface area contributed by atoms with Crippen LogP contribution in [0.1, 0.15) is 43.9 Å². The Kier molecular flexibility index (Phi) is 9.11. The SMILES string of the molecule is C=C(F)C(=O)N1CCN(c2nc(OC[C@H](C)N(C)C3CCC3)nc3c2CCN(c2cccc4cccc(Cl)c24)C3)CC1CC#N. The van der Waals surface area contributed by atoms with E-state index < -0.39 is 17.8 Å². The molecule has 1 saturated heterocycles. The van der Waals surface area contributed by atoms with E-state index in [1.165, 1.54) is 24.2 Å². The van der Waals surface area contributed by atoms with Gasteiger partial charge in [-0.25, -0.2) is 4.39 Å². The predicted molar refractivity (Wildman–Crippen MR) is 174 cm³/mol. The molecule has 2 aliphatic heterocycles. The van der Waals surface area contributed by atoms with Gasteiger partial charge in [-0.2, -0.15) is 15.2 Å². The summed E-state index contributed by atoms with van der Waals surface area (Å²) < 4.78 is 20.1. The van der Waals surface area contributed by atoms with Gasteiger partial charge in [0.05, 0.1) is 35.8 Å². The topological polar surface area (TPSA) is 88.8 Å². The van der Waals surface area contributed by atoms with Gasteiger partial charge in [-0.1, -0.05) is 48.9 Å². The summed E-state index contributed by atoms with van der Waals surface area (Å²) in [6.45, 7) is 8.12. The first-order valence-electron chi connectivity index (χ1n) is 15.7. The fourth-order valence-electron chi connectivity index (χ4n) is 6.68. The van der Waals surface area contributed by atoms with E-state index in [2.05, 4.69) is 59.5 Å². The third kappa shape index (κ3) is 6.29. The summed E-state index contributed by atoms with van der Waals surface area (Å²) in [6, 6.07) is 14.9. The van der Waals surface area contributed by atoms with Gasteiger partial charge in [0.2, 0.25) is 0 Å². The second-order valence-corrected chi connectivity index (χ2v) is 12.7. The highest BCUT2D eigenvalue weighted by Gasteiger charge is 2.35. The number of carbonyl (C=O) groups excluding carboxylic acids is 1. The molecular weight excluding hydrogens is 593 g/mol. The lowest BCUT2D eigenvalue weighted by Crippen LogP contribution is -2.55. The lowest BCUT2D eigenvalue weighted by molar-refractivity contribution is -0.131. The number of benzene rings is 2. The molecule has 236 valence electrons. The lowest BCUT2D eigenvalue weighted by atomic mass is 9.91. The largest absolute Gasteiger partial charge is 0.462 e. The first kappa shape index (κ1) is 31.1. The van der Waals surface area contributed by atoms with Gasteiger partial charge >= 0.3 is 6.01 Å². The van der Waals surface area contributed by atoms with E-state index in [0.717, 1.165) is 40.1 Å². The molecule has 1 aromatic heterocycles. The Morgan fingerprint density at radius 2 is 1.98 bits per heavy atom. The Labute approximate surface area is 268 Å². The van der Waals surface area contributed by atoms with E-state index in [1.807, 2.05) is 18.2 Å². The number of fused-ring (bicyclic) bond motifs is 2. The van der Waals surface area contributed by atoms with Gasteiger partial charge in [0.25, 0.3) is 5.91 Å². The number of rotatable bonds is 9. The van der Waals surface area contributed by atoms with Crippen molar-refractivity contribution in [2.75, 3.05) is 49.6 Å². The number of amides is 1. The molecular formula is C34H39ClFN7O2. The molecule has 9 nitrogen and oxygen atoms in total. The fraction of sp³-hybridized carbons (Fsp3) is 0.471. The van der Waals surface area contributed by atoms with Gasteiger partial charge in [0.1, 0.15) is 12.4 Å². The molecule has 2 atom stereocenters.